The molecule has 2 aromatic rings. The molecule has 0 aliphatic rings. The van der Waals surface area contributed by atoms with Crippen molar-refractivity contribution in [3.05, 3.63) is 47.8 Å². The van der Waals surface area contributed by atoms with E-state index < -0.39 is 0 Å². The van der Waals surface area contributed by atoms with Crippen molar-refractivity contribution >= 4 is 5.91 Å². The summed E-state index contributed by atoms with van der Waals surface area (Å²) in [6, 6.07) is 7.92. The summed E-state index contributed by atoms with van der Waals surface area (Å²) in [5.74, 6) is 0.666. The zero-order chi connectivity index (χ0) is 15.2. The highest BCUT2D eigenvalue weighted by molar-refractivity contribution is 5.93. The number of aromatic amines is 1. The standard InChI is InChI=1S/C15H20N4O2/c1-19(2)14(11-5-4-6-13(7-11)21-3)10-16-15(20)12-8-17-18-9-12/h4-9,14H,10H2,1-3H3,(H,16,20)(H,17,18)/t14-/m0/s1. The van der Waals surface area contributed by atoms with Gasteiger partial charge in [-0.2, -0.15) is 5.10 Å². The molecule has 1 aromatic heterocycles. The van der Waals surface area contributed by atoms with Crippen molar-refractivity contribution in [2.75, 3.05) is 27.7 Å². The number of amides is 1. The van der Waals surface area contributed by atoms with E-state index in [0.29, 0.717) is 12.1 Å². The molecule has 1 atom stereocenters. The second-order valence-corrected chi connectivity index (χ2v) is 4.95. The van der Waals surface area contributed by atoms with Gasteiger partial charge in [0.25, 0.3) is 5.91 Å². The van der Waals surface area contributed by atoms with Crippen LogP contribution >= 0.6 is 0 Å². The van der Waals surface area contributed by atoms with Crippen LogP contribution in [0.4, 0.5) is 0 Å². The SMILES string of the molecule is COc1cccc([C@H](CNC(=O)c2cn[nH]c2)N(C)C)c1. The van der Waals surface area contributed by atoms with E-state index >= 15 is 0 Å². The average molecular weight is 288 g/mol. The molecule has 0 saturated heterocycles. The Hall–Kier alpha value is -2.34. The number of carbonyl (C=O) groups is 1. The van der Waals surface area contributed by atoms with Gasteiger partial charge in [0, 0.05) is 12.7 Å². The van der Waals surface area contributed by atoms with Crippen molar-refractivity contribution in [1.29, 1.82) is 0 Å². The number of carbonyl (C=O) groups excluding carboxylic acids is 1. The van der Waals surface area contributed by atoms with E-state index in [1.807, 2.05) is 38.4 Å². The number of methoxy groups -OCH3 is 1. The van der Waals surface area contributed by atoms with Crippen LogP contribution < -0.4 is 10.1 Å². The Balaban J connectivity index is 2.07. The monoisotopic (exact) mass is 288 g/mol. The molecule has 0 bridgehead atoms. The molecule has 0 aliphatic carbocycles. The molecule has 1 amide bonds. The summed E-state index contributed by atoms with van der Waals surface area (Å²) in [7, 11) is 5.60. The molecule has 21 heavy (non-hydrogen) atoms. The number of hydrogen-bond donors (Lipinski definition) is 2. The summed E-state index contributed by atoms with van der Waals surface area (Å²) in [5.41, 5.74) is 1.62. The third-order valence-corrected chi connectivity index (χ3v) is 3.32. The van der Waals surface area contributed by atoms with E-state index in [0.717, 1.165) is 11.3 Å². The van der Waals surface area contributed by atoms with E-state index in [2.05, 4.69) is 20.4 Å². The zero-order valence-corrected chi connectivity index (χ0v) is 12.5. The van der Waals surface area contributed by atoms with Gasteiger partial charge in [-0.25, -0.2) is 0 Å². The molecule has 0 unspecified atom stereocenters. The van der Waals surface area contributed by atoms with Gasteiger partial charge in [0.1, 0.15) is 5.75 Å². The molecule has 0 saturated carbocycles. The Bertz CT molecular complexity index is 581. The molecule has 1 aromatic carbocycles. The van der Waals surface area contributed by atoms with Gasteiger partial charge in [0.2, 0.25) is 0 Å². The maximum atomic E-state index is 12.0. The Kier molecular flexibility index (Phi) is 4.94. The first kappa shape index (κ1) is 15.1. The summed E-state index contributed by atoms with van der Waals surface area (Å²) < 4.78 is 5.25. The summed E-state index contributed by atoms with van der Waals surface area (Å²) in [6.07, 6.45) is 3.08. The van der Waals surface area contributed by atoms with Gasteiger partial charge in [0.05, 0.1) is 24.9 Å². The third kappa shape index (κ3) is 3.82. The van der Waals surface area contributed by atoms with Crippen molar-refractivity contribution in [2.24, 2.45) is 0 Å². The molecule has 0 fully saturated rings. The largest absolute Gasteiger partial charge is 0.497 e. The highest BCUT2D eigenvalue weighted by atomic mass is 16.5. The normalized spacial score (nSPS) is 12.2. The number of likely N-dealkylation sites (N-methyl/N-ethyl adjacent to an activating group) is 1. The lowest BCUT2D eigenvalue weighted by molar-refractivity contribution is 0.0942. The van der Waals surface area contributed by atoms with Crippen LogP contribution in [0.1, 0.15) is 22.0 Å². The van der Waals surface area contributed by atoms with Crippen molar-refractivity contribution in [2.45, 2.75) is 6.04 Å². The minimum Gasteiger partial charge on any atom is -0.497 e. The van der Waals surface area contributed by atoms with Crippen LogP contribution in [0.25, 0.3) is 0 Å². The topological polar surface area (TPSA) is 70.2 Å². The average Bonchev–Trinajstić information content (AvgIpc) is 3.01. The molecule has 1 heterocycles. The molecule has 6 heteroatoms. The molecule has 2 rings (SSSR count). The molecule has 6 nitrogen and oxygen atoms in total. The minimum atomic E-state index is -0.140. The van der Waals surface area contributed by atoms with E-state index in [9.17, 15) is 4.79 Å². The Morgan fingerprint density at radius 3 is 2.90 bits per heavy atom. The number of nitrogens with one attached hydrogen (secondary N) is 2. The molecule has 2 N–H and O–H groups in total. The first-order chi connectivity index (χ1) is 10.1. The third-order valence-electron chi connectivity index (χ3n) is 3.32. The maximum Gasteiger partial charge on any atom is 0.254 e. The van der Waals surface area contributed by atoms with E-state index in [-0.39, 0.29) is 11.9 Å². The first-order valence-electron chi connectivity index (χ1n) is 6.69. The van der Waals surface area contributed by atoms with Crippen molar-refractivity contribution in [3.8, 4) is 5.75 Å². The number of rotatable bonds is 6. The second-order valence-electron chi connectivity index (χ2n) is 4.95. The molecule has 0 spiro atoms. The number of ether oxygens (including phenoxy) is 1. The van der Waals surface area contributed by atoms with Gasteiger partial charge in [-0.05, 0) is 31.8 Å². The van der Waals surface area contributed by atoms with Crippen molar-refractivity contribution < 1.29 is 9.53 Å². The molecule has 0 aliphatic heterocycles. The highest BCUT2D eigenvalue weighted by Gasteiger charge is 2.16. The number of nitrogens with zero attached hydrogens (tertiary/aromatic N) is 2. The summed E-state index contributed by atoms with van der Waals surface area (Å²) in [4.78, 5) is 14.0. The fraction of sp³-hybridized carbons (Fsp3) is 0.333. The van der Waals surface area contributed by atoms with Crippen LogP contribution in [-0.4, -0.2) is 48.8 Å². The number of benzene rings is 1. The lowest BCUT2D eigenvalue weighted by Gasteiger charge is -2.25. The van der Waals surface area contributed by atoms with Crippen LogP contribution in [0.15, 0.2) is 36.7 Å². The molecular formula is C15H20N4O2. The van der Waals surface area contributed by atoms with E-state index in [1.165, 1.54) is 6.20 Å². The van der Waals surface area contributed by atoms with Crippen LogP contribution in [0.5, 0.6) is 5.75 Å². The Morgan fingerprint density at radius 2 is 2.29 bits per heavy atom. The zero-order valence-electron chi connectivity index (χ0n) is 12.5. The minimum absolute atomic E-state index is 0.0657. The highest BCUT2D eigenvalue weighted by Crippen LogP contribution is 2.22. The van der Waals surface area contributed by atoms with E-state index in [4.69, 9.17) is 4.74 Å². The van der Waals surface area contributed by atoms with Crippen molar-refractivity contribution in [3.63, 3.8) is 0 Å². The Morgan fingerprint density at radius 1 is 1.48 bits per heavy atom. The second kappa shape index (κ2) is 6.90. The van der Waals surface area contributed by atoms with Gasteiger partial charge in [-0.1, -0.05) is 12.1 Å². The molecule has 0 radical (unpaired) electrons. The van der Waals surface area contributed by atoms with Crippen LogP contribution in [0.2, 0.25) is 0 Å². The van der Waals surface area contributed by atoms with Gasteiger partial charge in [-0.3, -0.25) is 9.89 Å². The maximum absolute atomic E-state index is 12.0. The smallest absolute Gasteiger partial charge is 0.254 e. The van der Waals surface area contributed by atoms with Gasteiger partial charge >= 0.3 is 0 Å². The Labute approximate surface area is 124 Å². The number of hydrogen-bond acceptors (Lipinski definition) is 4. The van der Waals surface area contributed by atoms with Crippen molar-refractivity contribution in [1.82, 2.24) is 20.4 Å². The summed E-state index contributed by atoms with van der Waals surface area (Å²) >= 11 is 0. The summed E-state index contributed by atoms with van der Waals surface area (Å²) in [6.45, 7) is 0.504. The van der Waals surface area contributed by atoms with Crippen LogP contribution in [0, 0.1) is 0 Å². The van der Waals surface area contributed by atoms with E-state index in [1.54, 1.807) is 13.3 Å². The number of H-pyrrole nitrogens is 1. The van der Waals surface area contributed by atoms with Gasteiger partial charge < -0.3 is 15.0 Å². The lowest BCUT2D eigenvalue weighted by atomic mass is 10.1. The molecular weight excluding hydrogens is 268 g/mol. The fourth-order valence-corrected chi connectivity index (χ4v) is 2.11. The predicted octanol–water partition coefficient (Wildman–Crippen LogP) is 1.45. The lowest BCUT2D eigenvalue weighted by Crippen LogP contribution is -2.34. The predicted molar refractivity (Wildman–Crippen MR) is 80.3 cm³/mol. The van der Waals surface area contributed by atoms with Gasteiger partial charge in [-0.15, -0.1) is 0 Å². The quantitative estimate of drug-likeness (QED) is 0.844. The van der Waals surface area contributed by atoms with Crippen LogP contribution in [0.3, 0.4) is 0 Å². The molecule has 112 valence electrons. The van der Waals surface area contributed by atoms with Crippen LogP contribution in [-0.2, 0) is 0 Å². The number of aromatic nitrogens is 2. The van der Waals surface area contributed by atoms with Gasteiger partial charge in [0.15, 0.2) is 0 Å². The first-order valence-corrected chi connectivity index (χ1v) is 6.69. The summed E-state index contributed by atoms with van der Waals surface area (Å²) in [5, 5.41) is 9.32. The fourth-order valence-electron chi connectivity index (χ4n) is 2.11.